The topological polar surface area (TPSA) is 101 Å². The van der Waals surface area contributed by atoms with E-state index < -0.39 is 10.0 Å². The third-order valence-corrected chi connectivity index (χ3v) is 5.85. The molecule has 0 aliphatic heterocycles. The molecule has 0 aliphatic rings. The van der Waals surface area contributed by atoms with Gasteiger partial charge in [0.05, 0.1) is 11.9 Å². The molecular weight excluding hydrogens is 400 g/mol. The molecular formula is C18H18N4O4S2. The van der Waals surface area contributed by atoms with E-state index in [0.717, 1.165) is 16.1 Å². The van der Waals surface area contributed by atoms with Crippen molar-refractivity contribution in [2.24, 2.45) is 0 Å². The van der Waals surface area contributed by atoms with Crippen molar-refractivity contribution in [3.05, 3.63) is 54.6 Å². The summed E-state index contributed by atoms with van der Waals surface area (Å²) in [6.07, 6.45) is 1.12. The van der Waals surface area contributed by atoms with Gasteiger partial charge >= 0.3 is 0 Å². The number of carbonyl (C=O) groups is 1. The zero-order chi connectivity index (χ0) is 20.1. The van der Waals surface area contributed by atoms with Crippen molar-refractivity contribution >= 4 is 38.1 Å². The number of benzene rings is 2. The van der Waals surface area contributed by atoms with Crippen molar-refractivity contribution in [3.63, 3.8) is 0 Å². The maximum Gasteiger partial charge on any atom is 0.264 e. The highest BCUT2D eigenvalue weighted by Crippen LogP contribution is 2.26. The quantitative estimate of drug-likeness (QED) is 0.633. The number of nitrogens with zero attached hydrogens (tertiary/aromatic N) is 3. The van der Waals surface area contributed by atoms with E-state index >= 15 is 0 Å². The van der Waals surface area contributed by atoms with Gasteiger partial charge in [-0.25, -0.2) is 8.42 Å². The van der Waals surface area contributed by atoms with E-state index in [4.69, 9.17) is 4.74 Å². The summed E-state index contributed by atoms with van der Waals surface area (Å²) in [6.45, 7) is -0.207. The highest BCUT2D eigenvalue weighted by Gasteiger charge is 2.13. The molecule has 3 rings (SSSR count). The van der Waals surface area contributed by atoms with E-state index in [9.17, 15) is 13.2 Å². The Kier molecular flexibility index (Phi) is 5.90. The molecule has 2 aromatic carbocycles. The summed E-state index contributed by atoms with van der Waals surface area (Å²) in [6, 6.07) is 16.0. The van der Waals surface area contributed by atoms with E-state index in [-0.39, 0.29) is 12.5 Å². The van der Waals surface area contributed by atoms with E-state index in [2.05, 4.69) is 15.5 Å². The van der Waals surface area contributed by atoms with Crippen LogP contribution >= 0.6 is 11.3 Å². The standard InChI is InChI=1S/C18H18N4O4S2/c1-22(28(2,24)25)14-8-10-15(11-9-14)26-12-16(23)19-18-21-20-17(27-18)13-6-4-3-5-7-13/h3-11H,12H2,1-2H3,(H,19,21,23). The third kappa shape index (κ3) is 5.05. The molecule has 0 spiro atoms. The van der Waals surface area contributed by atoms with Crippen LogP contribution in [-0.4, -0.2) is 44.4 Å². The number of hydrogen-bond donors (Lipinski definition) is 1. The Morgan fingerprint density at radius 1 is 1.11 bits per heavy atom. The Hall–Kier alpha value is -2.98. The smallest absolute Gasteiger partial charge is 0.264 e. The van der Waals surface area contributed by atoms with Crippen LogP contribution in [0.4, 0.5) is 10.8 Å². The maximum absolute atomic E-state index is 12.1. The van der Waals surface area contributed by atoms with Crippen molar-refractivity contribution in [3.8, 4) is 16.3 Å². The van der Waals surface area contributed by atoms with Crippen LogP contribution in [-0.2, 0) is 14.8 Å². The first-order chi connectivity index (χ1) is 13.3. The molecule has 0 saturated heterocycles. The van der Waals surface area contributed by atoms with Crippen LogP contribution in [0.2, 0.25) is 0 Å². The fourth-order valence-corrected chi connectivity index (χ4v) is 3.49. The van der Waals surface area contributed by atoms with Crippen LogP contribution in [0.3, 0.4) is 0 Å². The first kappa shape index (κ1) is 19.8. The van der Waals surface area contributed by atoms with Crippen molar-refractivity contribution in [1.29, 1.82) is 0 Å². The van der Waals surface area contributed by atoms with Gasteiger partial charge in [-0.15, -0.1) is 10.2 Å². The Morgan fingerprint density at radius 3 is 2.43 bits per heavy atom. The first-order valence-electron chi connectivity index (χ1n) is 8.18. The summed E-state index contributed by atoms with van der Waals surface area (Å²) in [5.41, 5.74) is 1.43. The van der Waals surface area contributed by atoms with Crippen LogP contribution in [0.25, 0.3) is 10.6 Å². The van der Waals surface area contributed by atoms with Gasteiger partial charge in [-0.3, -0.25) is 14.4 Å². The summed E-state index contributed by atoms with van der Waals surface area (Å²) in [7, 11) is -1.87. The molecule has 1 heterocycles. The lowest BCUT2D eigenvalue weighted by Gasteiger charge is -2.16. The normalized spacial score (nSPS) is 11.1. The maximum atomic E-state index is 12.1. The van der Waals surface area contributed by atoms with Gasteiger partial charge in [0.2, 0.25) is 15.2 Å². The SMILES string of the molecule is CN(c1ccc(OCC(=O)Nc2nnc(-c3ccccc3)s2)cc1)S(C)(=O)=O. The number of sulfonamides is 1. The summed E-state index contributed by atoms with van der Waals surface area (Å²) < 4.78 is 29.6. The van der Waals surface area contributed by atoms with E-state index in [0.29, 0.717) is 21.6 Å². The van der Waals surface area contributed by atoms with Crippen molar-refractivity contribution in [1.82, 2.24) is 10.2 Å². The average Bonchev–Trinajstić information content (AvgIpc) is 3.14. The number of aromatic nitrogens is 2. The van der Waals surface area contributed by atoms with Gasteiger partial charge in [0.25, 0.3) is 5.91 Å². The molecule has 146 valence electrons. The lowest BCUT2D eigenvalue weighted by molar-refractivity contribution is -0.118. The number of rotatable bonds is 7. The first-order valence-corrected chi connectivity index (χ1v) is 10.8. The molecule has 1 N–H and O–H groups in total. The van der Waals surface area contributed by atoms with Crippen LogP contribution in [0, 0.1) is 0 Å². The molecule has 8 nitrogen and oxygen atoms in total. The summed E-state index contributed by atoms with van der Waals surface area (Å²) in [5.74, 6) is 0.0798. The number of carbonyl (C=O) groups excluding carboxylic acids is 1. The molecule has 0 unspecified atom stereocenters. The van der Waals surface area contributed by atoms with Crippen LogP contribution < -0.4 is 14.4 Å². The predicted molar refractivity (Wildman–Crippen MR) is 109 cm³/mol. The molecule has 10 heteroatoms. The Bertz CT molecular complexity index is 1050. The Morgan fingerprint density at radius 2 is 1.79 bits per heavy atom. The van der Waals surface area contributed by atoms with Gasteiger partial charge in [-0.05, 0) is 24.3 Å². The molecule has 28 heavy (non-hydrogen) atoms. The van der Waals surface area contributed by atoms with Crippen LogP contribution in [0.15, 0.2) is 54.6 Å². The van der Waals surface area contributed by atoms with Crippen molar-refractivity contribution in [2.75, 3.05) is 29.5 Å². The molecule has 1 amide bonds. The summed E-state index contributed by atoms with van der Waals surface area (Å²) in [5, 5.41) is 11.8. The van der Waals surface area contributed by atoms with Crippen molar-refractivity contribution in [2.45, 2.75) is 0 Å². The monoisotopic (exact) mass is 418 g/mol. The van der Waals surface area contributed by atoms with Gasteiger partial charge < -0.3 is 4.74 Å². The largest absolute Gasteiger partial charge is 0.484 e. The van der Waals surface area contributed by atoms with Crippen LogP contribution in [0.5, 0.6) is 5.75 Å². The van der Waals surface area contributed by atoms with Gasteiger partial charge in [-0.2, -0.15) is 0 Å². The lowest BCUT2D eigenvalue weighted by atomic mass is 10.2. The van der Waals surface area contributed by atoms with Gasteiger partial charge in [0.15, 0.2) is 6.61 Å². The number of nitrogens with one attached hydrogen (secondary N) is 1. The van der Waals surface area contributed by atoms with Gasteiger partial charge in [0.1, 0.15) is 10.8 Å². The molecule has 0 atom stereocenters. The minimum Gasteiger partial charge on any atom is -0.484 e. The Labute approximate surface area is 166 Å². The molecule has 1 aromatic heterocycles. The summed E-state index contributed by atoms with van der Waals surface area (Å²) >= 11 is 1.27. The van der Waals surface area contributed by atoms with E-state index in [1.165, 1.54) is 18.4 Å². The second-order valence-corrected chi connectivity index (χ2v) is 8.83. The minimum atomic E-state index is -3.33. The number of ether oxygens (including phenoxy) is 1. The van der Waals surface area contributed by atoms with E-state index in [1.54, 1.807) is 24.3 Å². The second-order valence-electron chi connectivity index (χ2n) is 5.84. The molecule has 3 aromatic rings. The minimum absolute atomic E-state index is 0.207. The molecule has 0 fully saturated rings. The van der Waals surface area contributed by atoms with E-state index in [1.807, 2.05) is 30.3 Å². The molecule has 0 radical (unpaired) electrons. The number of anilines is 2. The average molecular weight is 419 g/mol. The fourth-order valence-electron chi connectivity index (χ4n) is 2.22. The predicted octanol–water partition coefficient (Wildman–Crippen LogP) is 2.62. The second kappa shape index (κ2) is 8.36. The van der Waals surface area contributed by atoms with Gasteiger partial charge in [-0.1, -0.05) is 41.7 Å². The Balaban J connectivity index is 1.54. The summed E-state index contributed by atoms with van der Waals surface area (Å²) in [4.78, 5) is 12.1. The fraction of sp³-hybridized carbons (Fsp3) is 0.167. The lowest BCUT2D eigenvalue weighted by Crippen LogP contribution is -2.24. The molecule has 0 aliphatic carbocycles. The van der Waals surface area contributed by atoms with Crippen molar-refractivity contribution < 1.29 is 17.9 Å². The van der Waals surface area contributed by atoms with Gasteiger partial charge in [0, 0.05) is 12.6 Å². The highest BCUT2D eigenvalue weighted by molar-refractivity contribution is 7.92. The zero-order valence-corrected chi connectivity index (χ0v) is 16.8. The zero-order valence-electron chi connectivity index (χ0n) is 15.2. The molecule has 0 bridgehead atoms. The highest BCUT2D eigenvalue weighted by atomic mass is 32.2. The van der Waals surface area contributed by atoms with Crippen LogP contribution in [0.1, 0.15) is 0 Å². The molecule has 0 saturated carbocycles. The third-order valence-electron chi connectivity index (χ3n) is 3.76. The number of amides is 1. The number of hydrogen-bond acceptors (Lipinski definition) is 7.